The monoisotopic (exact) mass is 322 g/mol. The molecule has 0 saturated carbocycles. The summed E-state index contributed by atoms with van der Waals surface area (Å²) in [6, 6.07) is 6.73. The molecule has 0 amide bonds. The van der Waals surface area contributed by atoms with Crippen LogP contribution in [0.25, 0.3) is 0 Å². The molecule has 112 valence electrons. The van der Waals surface area contributed by atoms with Gasteiger partial charge < -0.3 is 0 Å². The first-order valence-electron chi connectivity index (χ1n) is 6.28. The van der Waals surface area contributed by atoms with Crippen LogP contribution in [-0.4, -0.2) is 39.2 Å². The first kappa shape index (κ1) is 17.5. The van der Waals surface area contributed by atoms with E-state index in [2.05, 4.69) is 15.6 Å². The van der Waals surface area contributed by atoms with Crippen molar-refractivity contribution in [1.82, 2.24) is 4.90 Å². The third-order valence-corrected chi connectivity index (χ3v) is 5.14. The Bertz CT molecular complexity index is 649. The molecule has 0 saturated heterocycles. The van der Waals surface area contributed by atoms with Crippen molar-refractivity contribution in [2.24, 2.45) is 3.77 Å². The van der Waals surface area contributed by atoms with E-state index in [1.54, 1.807) is 30.5 Å². The first-order chi connectivity index (χ1) is 10.0. The zero-order valence-electron chi connectivity index (χ0n) is 11.9. The quantitative estimate of drug-likeness (QED) is 0.604. The summed E-state index contributed by atoms with van der Waals surface area (Å²) in [5.74, 6) is 5.14. The topological polar surface area (TPSA) is 49.7 Å². The lowest BCUT2D eigenvalue weighted by Crippen LogP contribution is -2.26. The molecule has 0 aliphatic rings. The Kier molecular flexibility index (Phi) is 7.18. The average molecular weight is 322 g/mol. The van der Waals surface area contributed by atoms with Crippen molar-refractivity contribution in [3.63, 3.8) is 0 Å². The van der Waals surface area contributed by atoms with E-state index in [4.69, 9.17) is 12.8 Å². The van der Waals surface area contributed by atoms with Crippen molar-refractivity contribution in [3.05, 3.63) is 29.8 Å². The fourth-order valence-electron chi connectivity index (χ4n) is 1.74. The summed E-state index contributed by atoms with van der Waals surface area (Å²) < 4.78 is 27.1. The number of nitrogens with zero attached hydrogens (tertiary/aromatic N) is 2. The zero-order valence-corrected chi connectivity index (χ0v) is 13.6. The van der Waals surface area contributed by atoms with Crippen molar-refractivity contribution < 1.29 is 8.42 Å². The molecule has 0 aromatic heterocycles. The number of hydrogen-bond donors (Lipinski definition) is 1. The Balaban J connectivity index is 2.72. The third kappa shape index (κ3) is 5.73. The van der Waals surface area contributed by atoms with Gasteiger partial charge in [-0.2, -0.15) is 8.42 Å². The van der Waals surface area contributed by atoms with Crippen molar-refractivity contribution in [3.8, 4) is 24.7 Å². The molecule has 1 aromatic carbocycles. The van der Waals surface area contributed by atoms with E-state index < -0.39 is 10.0 Å². The van der Waals surface area contributed by atoms with Crippen molar-refractivity contribution in [1.29, 1.82) is 0 Å². The van der Waals surface area contributed by atoms with Gasteiger partial charge in [-0.25, -0.2) is 0 Å². The second-order valence-electron chi connectivity index (χ2n) is 4.27. The minimum atomic E-state index is -3.53. The van der Waals surface area contributed by atoms with Gasteiger partial charge in [0.2, 0.25) is 0 Å². The van der Waals surface area contributed by atoms with Crippen molar-refractivity contribution in [2.45, 2.75) is 11.3 Å². The molecule has 0 N–H and O–H groups in total. The minimum Gasteiger partial charge on any atom is -0.281 e. The van der Waals surface area contributed by atoms with Gasteiger partial charge in [0.15, 0.2) is 0 Å². The van der Waals surface area contributed by atoms with Crippen LogP contribution in [0.1, 0.15) is 5.56 Å². The number of thiol groups is 1. The Hall–Kier alpha value is -1.60. The molecular formula is C15H18N2O2S2. The number of hydrogen-bond acceptors (Lipinski definition) is 3. The average Bonchev–Trinajstić information content (AvgIpc) is 2.46. The molecule has 0 unspecified atom stereocenters. The van der Waals surface area contributed by atoms with Crippen LogP contribution < -0.4 is 0 Å². The van der Waals surface area contributed by atoms with Crippen LogP contribution in [0, 0.1) is 24.7 Å². The first-order valence-corrected chi connectivity index (χ1v) is 9.01. The van der Waals surface area contributed by atoms with Crippen molar-refractivity contribution in [2.75, 3.05) is 25.9 Å². The maximum absolute atomic E-state index is 11.8. The summed E-state index contributed by atoms with van der Waals surface area (Å²) in [5, 5.41) is 0. The molecule has 0 radical (unpaired) electrons. The fourth-order valence-corrected chi connectivity index (χ4v) is 3.46. The Morgan fingerprint density at radius 3 is 2.24 bits per heavy atom. The van der Waals surface area contributed by atoms with Crippen LogP contribution >= 0.6 is 0 Å². The summed E-state index contributed by atoms with van der Waals surface area (Å²) in [4.78, 5) is 2.19. The molecule has 0 fully saturated rings. The van der Waals surface area contributed by atoms with Gasteiger partial charge in [-0.15, -0.1) is 16.6 Å². The maximum atomic E-state index is 11.8. The van der Waals surface area contributed by atoms with E-state index in [1.807, 2.05) is 4.90 Å². The molecule has 21 heavy (non-hydrogen) atoms. The predicted octanol–water partition coefficient (Wildman–Crippen LogP) is 1.11. The molecule has 1 rings (SSSR count). The zero-order chi connectivity index (χ0) is 15.7. The highest BCUT2D eigenvalue weighted by molar-refractivity contribution is 7.94. The van der Waals surface area contributed by atoms with Crippen LogP contribution in [-0.2, 0) is 28.0 Å². The lowest BCUT2D eigenvalue weighted by Gasteiger charge is -2.16. The summed E-state index contributed by atoms with van der Waals surface area (Å²) in [6.45, 7) is 1.74. The molecule has 6 heteroatoms. The molecular weight excluding hydrogens is 304 g/mol. The lowest BCUT2D eigenvalue weighted by molar-refractivity contribution is 0.350. The molecule has 0 bridgehead atoms. The van der Waals surface area contributed by atoms with Gasteiger partial charge in [0.25, 0.3) is 10.0 Å². The largest absolute Gasteiger partial charge is 0.287 e. The number of rotatable bonds is 7. The van der Waals surface area contributed by atoms with Crippen molar-refractivity contribution >= 4 is 21.6 Å². The Morgan fingerprint density at radius 2 is 1.76 bits per heavy atom. The number of terminal acetylenes is 2. The van der Waals surface area contributed by atoms with Gasteiger partial charge >= 0.3 is 0 Å². The fraction of sp³-hybridized carbons (Fsp3) is 0.333. The summed E-state index contributed by atoms with van der Waals surface area (Å²) in [7, 11) is -3.53. The number of sulfonamides is 1. The highest BCUT2D eigenvalue weighted by Crippen LogP contribution is 2.14. The van der Waals surface area contributed by atoms with E-state index in [0.29, 0.717) is 24.6 Å². The normalized spacial score (nSPS) is 11.8. The van der Waals surface area contributed by atoms with Gasteiger partial charge in [0, 0.05) is 6.54 Å². The second-order valence-corrected chi connectivity index (χ2v) is 6.74. The van der Waals surface area contributed by atoms with Crippen LogP contribution in [0.5, 0.6) is 0 Å². The Labute approximate surface area is 130 Å². The van der Waals surface area contributed by atoms with E-state index in [0.717, 1.165) is 18.5 Å². The van der Waals surface area contributed by atoms with Gasteiger partial charge in [-0.1, -0.05) is 35.5 Å². The molecule has 0 aliphatic carbocycles. The molecule has 0 heterocycles. The lowest BCUT2D eigenvalue weighted by atomic mass is 10.1. The van der Waals surface area contributed by atoms with E-state index in [9.17, 15) is 8.42 Å². The number of benzene rings is 1. The second kappa shape index (κ2) is 8.63. The molecule has 0 spiro atoms. The smallest absolute Gasteiger partial charge is 0.281 e. The third-order valence-electron chi connectivity index (χ3n) is 2.76. The summed E-state index contributed by atoms with van der Waals surface area (Å²) in [6.07, 6.45) is 13.0. The Morgan fingerprint density at radius 1 is 1.19 bits per heavy atom. The van der Waals surface area contributed by atoms with Gasteiger partial charge in [0.05, 0.1) is 18.0 Å². The van der Waals surface area contributed by atoms with Gasteiger partial charge in [-0.05, 0) is 30.4 Å². The highest BCUT2D eigenvalue weighted by Gasteiger charge is 2.11. The summed E-state index contributed by atoms with van der Waals surface area (Å²) >= 11 is 0.473. The summed E-state index contributed by atoms with van der Waals surface area (Å²) in [5.41, 5.74) is 1.03. The van der Waals surface area contributed by atoms with Crippen LogP contribution in [0.3, 0.4) is 0 Å². The van der Waals surface area contributed by atoms with Crippen LogP contribution in [0.15, 0.2) is 32.9 Å². The minimum absolute atomic E-state index is 0.213. The molecule has 0 atom stereocenters. The molecule has 0 aliphatic heterocycles. The van der Waals surface area contributed by atoms with E-state index in [1.165, 1.54) is 0 Å². The standard InChI is InChI=1S/C15H18N2O2S2/c1-4-11-17(12-5-2)13-10-14-6-8-15(9-7-14)21(18,19)16-20-3/h1-2,6-9,20H,10-13H2,3H3. The molecule has 1 aromatic rings. The van der Waals surface area contributed by atoms with E-state index >= 15 is 0 Å². The SMILES string of the molecule is C#CCN(CC#C)CCc1ccc(S(=O)(=O)N=[SH]C)cc1. The predicted molar refractivity (Wildman–Crippen MR) is 88.5 cm³/mol. The molecule has 4 nitrogen and oxygen atoms in total. The highest BCUT2D eigenvalue weighted by atomic mass is 32.2. The van der Waals surface area contributed by atoms with Gasteiger partial charge in [-0.3, -0.25) is 4.90 Å². The van der Waals surface area contributed by atoms with Gasteiger partial charge in [0.1, 0.15) is 0 Å². The van der Waals surface area contributed by atoms with Crippen LogP contribution in [0.2, 0.25) is 0 Å². The van der Waals surface area contributed by atoms with E-state index in [-0.39, 0.29) is 4.90 Å². The maximum Gasteiger partial charge on any atom is 0.287 e. The van der Waals surface area contributed by atoms with Crippen LogP contribution in [0.4, 0.5) is 0 Å².